The fourth-order valence-electron chi connectivity index (χ4n) is 1.83. The summed E-state index contributed by atoms with van der Waals surface area (Å²) in [7, 11) is 0. The van der Waals surface area contributed by atoms with Gasteiger partial charge >= 0.3 is 0 Å². The van der Waals surface area contributed by atoms with E-state index in [-0.39, 0.29) is 17.0 Å². The molecule has 0 bridgehead atoms. The zero-order chi connectivity index (χ0) is 13.8. The predicted molar refractivity (Wildman–Crippen MR) is 73.6 cm³/mol. The van der Waals surface area contributed by atoms with Crippen LogP contribution in [0.2, 0.25) is 5.02 Å². The van der Waals surface area contributed by atoms with Crippen LogP contribution in [0.25, 0.3) is 0 Å². The molecule has 1 aromatic rings. The average molecular weight is 285 g/mol. The van der Waals surface area contributed by atoms with Gasteiger partial charge in [-0.05, 0) is 37.5 Å². The average Bonchev–Trinajstić information content (AvgIpc) is 3.16. The molecule has 2 rings (SSSR count). The fraction of sp³-hybridized carbons (Fsp3) is 0.500. The molecule has 0 saturated heterocycles. The molecular formula is C14H18ClFN2O. The van der Waals surface area contributed by atoms with E-state index >= 15 is 0 Å². The first-order chi connectivity index (χ1) is 9.06. The topological polar surface area (TPSA) is 41.1 Å². The van der Waals surface area contributed by atoms with Crippen molar-refractivity contribution in [2.45, 2.75) is 38.3 Å². The molecule has 0 radical (unpaired) electrons. The Morgan fingerprint density at radius 2 is 2.26 bits per heavy atom. The Kier molecular flexibility index (Phi) is 4.77. The molecule has 2 N–H and O–H groups in total. The Morgan fingerprint density at radius 1 is 1.53 bits per heavy atom. The van der Waals surface area contributed by atoms with Crippen LogP contribution in [0.1, 0.15) is 37.8 Å². The van der Waals surface area contributed by atoms with Gasteiger partial charge in [-0.2, -0.15) is 0 Å². The molecule has 1 atom stereocenters. The number of carbonyl (C=O) groups is 1. The van der Waals surface area contributed by atoms with Crippen LogP contribution < -0.4 is 10.6 Å². The number of halogens is 2. The minimum Gasteiger partial charge on any atom is -0.353 e. The summed E-state index contributed by atoms with van der Waals surface area (Å²) in [6.07, 6.45) is 2.66. The molecule has 1 unspecified atom stereocenters. The Balaban J connectivity index is 1.75. The molecule has 1 aliphatic rings. The Morgan fingerprint density at radius 3 is 2.89 bits per heavy atom. The number of rotatable bonds is 6. The Bertz CT molecular complexity index is 463. The molecule has 0 spiro atoms. The lowest BCUT2D eigenvalue weighted by molar-refractivity contribution is -0.121. The highest BCUT2D eigenvalue weighted by atomic mass is 35.5. The van der Waals surface area contributed by atoms with Crippen LogP contribution in [0, 0.1) is 5.82 Å². The summed E-state index contributed by atoms with van der Waals surface area (Å²) < 4.78 is 13.0. The van der Waals surface area contributed by atoms with E-state index in [1.165, 1.54) is 6.07 Å². The number of benzene rings is 1. The van der Waals surface area contributed by atoms with Gasteiger partial charge in [-0.1, -0.05) is 17.7 Å². The molecular weight excluding hydrogens is 267 g/mol. The summed E-state index contributed by atoms with van der Waals surface area (Å²) in [6.45, 7) is 2.55. The van der Waals surface area contributed by atoms with E-state index in [1.54, 1.807) is 12.1 Å². The highest BCUT2D eigenvalue weighted by Crippen LogP contribution is 2.21. The van der Waals surface area contributed by atoms with Crippen molar-refractivity contribution < 1.29 is 9.18 Å². The molecule has 3 nitrogen and oxygen atoms in total. The van der Waals surface area contributed by atoms with E-state index in [1.807, 2.05) is 6.92 Å². The molecule has 1 saturated carbocycles. The van der Waals surface area contributed by atoms with E-state index < -0.39 is 5.82 Å². The van der Waals surface area contributed by atoms with Crippen LogP contribution in [0.5, 0.6) is 0 Å². The van der Waals surface area contributed by atoms with Crippen LogP contribution >= 0.6 is 11.6 Å². The fourth-order valence-corrected chi connectivity index (χ4v) is 2.02. The lowest BCUT2D eigenvalue weighted by Crippen LogP contribution is -2.30. The summed E-state index contributed by atoms with van der Waals surface area (Å²) in [6, 6.07) is 5.10. The van der Waals surface area contributed by atoms with Crippen molar-refractivity contribution in [1.82, 2.24) is 10.6 Å². The van der Waals surface area contributed by atoms with Gasteiger partial charge in [0.15, 0.2) is 0 Å². The van der Waals surface area contributed by atoms with Gasteiger partial charge in [-0.3, -0.25) is 4.79 Å². The second-order valence-electron chi connectivity index (χ2n) is 4.94. The van der Waals surface area contributed by atoms with Gasteiger partial charge in [-0.15, -0.1) is 0 Å². The van der Waals surface area contributed by atoms with E-state index in [4.69, 9.17) is 11.6 Å². The maximum Gasteiger partial charge on any atom is 0.221 e. The quantitative estimate of drug-likeness (QED) is 0.843. The van der Waals surface area contributed by atoms with Crippen LogP contribution in [0.3, 0.4) is 0 Å². The second kappa shape index (κ2) is 6.35. The van der Waals surface area contributed by atoms with Gasteiger partial charge in [-0.25, -0.2) is 4.39 Å². The first kappa shape index (κ1) is 14.3. The number of hydrogen-bond acceptors (Lipinski definition) is 2. The van der Waals surface area contributed by atoms with E-state index in [0.29, 0.717) is 19.0 Å². The van der Waals surface area contributed by atoms with Gasteiger partial charge < -0.3 is 10.6 Å². The molecule has 0 aliphatic heterocycles. The Labute approximate surface area is 117 Å². The molecule has 19 heavy (non-hydrogen) atoms. The summed E-state index contributed by atoms with van der Waals surface area (Å²) >= 11 is 5.74. The molecule has 1 fully saturated rings. The molecule has 1 amide bonds. The zero-order valence-corrected chi connectivity index (χ0v) is 11.6. The smallest absolute Gasteiger partial charge is 0.221 e. The molecule has 104 valence electrons. The van der Waals surface area contributed by atoms with Crippen molar-refractivity contribution in [3.63, 3.8) is 0 Å². The normalized spacial score (nSPS) is 16.2. The number of amides is 1. The third-order valence-corrected chi connectivity index (χ3v) is 3.48. The third-order valence-electron chi connectivity index (χ3n) is 3.19. The van der Waals surface area contributed by atoms with Crippen molar-refractivity contribution in [3.8, 4) is 0 Å². The van der Waals surface area contributed by atoms with Crippen LogP contribution in [-0.4, -0.2) is 18.5 Å². The molecule has 0 heterocycles. The lowest BCUT2D eigenvalue weighted by atomic mass is 10.1. The number of nitrogens with one attached hydrogen (secondary N) is 2. The second-order valence-corrected chi connectivity index (χ2v) is 5.35. The first-order valence-electron chi connectivity index (χ1n) is 6.54. The zero-order valence-electron chi connectivity index (χ0n) is 10.9. The van der Waals surface area contributed by atoms with Crippen molar-refractivity contribution >= 4 is 17.5 Å². The van der Waals surface area contributed by atoms with Crippen LogP contribution in [0.4, 0.5) is 4.39 Å². The molecule has 1 aromatic carbocycles. The minimum atomic E-state index is -0.415. The Hall–Kier alpha value is -1.13. The minimum absolute atomic E-state index is 0.0341. The van der Waals surface area contributed by atoms with Gasteiger partial charge in [0.1, 0.15) is 5.82 Å². The number of hydrogen-bond donors (Lipinski definition) is 2. The van der Waals surface area contributed by atoms with Crippen molar-refractivity contribution in [3.05, 3.63) is 34.6 Å². The van der Waals surface area contributed by atoms with Crippen molar-refractivity contribution in [2.75, 3.05) is 6.54 Å². The van der Waals surface area contributed by atoms with Crippen molar-refractivity contribution in [2.24, 2.45) is 0 Å². The summed E-state index contributed by atoms with van der Waals surface area (Å²) in [5.74, 6) is -0.333. The van der Waals surface area contributed by atoms with Gasteiger partial charge in [0.25, 0.3) is 0 Å². The molecule has 0 aromatic heterocycles. The maximum atomic E-state index is 13.0. The summed E-state index contributed by atoms with van der Waals surface area (Å²) in [4.78, 5) is 11.5. The first-order valence-corrected chi connectivity index (χ1v) is 6.92. The van der Waals surface area contributed by atoms with Crippen molar-refractivity contribution in [1.29, 1.82) is 0 Å². The van der Waals surface area contributed by atoms with Gasteiger partial charge in [0.05, 0.1) is 5.02 Å². The molecule has 1 aliphatic carbocycles. The van der Waals surface area contributed by atoms with E-state index in [9.17, 15) is 9.18 Å². The van der Waals surface area contributed by atoms with E-state index in [2.05, 4.69) is 10.6 Å². The lowest BCUT2D eigenvalue weighted by Gasteiger charge is -2.14. The summed E-state index contributed by atoms with van der Waals surface area (Å²) in [5, 5.41) is 6.29. The highest BCUT2D eigenvalue weighted by Gasteiger charge is 2.22. The van der Waals surface area contributed by atoms with Crippen LogP contribution in [0.15, 0.2) is 18.2 Å². The van der Waals surface area contributed by atoms with Gasteiger partial charge in [0, 0.05) is 25.0 Å². The summed E-state index contributed by atoms with van der Waals surface area (Å²) in [5.41, 5.74) is 0.911. The standard InChI is InChI=1S/C14H18ClFN2O/c1-9(10-2-5-13(16)12(15)8-10)17-7-6-14(19)18-11-3-4-11/h2,5,8-9,11,17H,3-4,6-7H2,1H3,(H,18,19). The van der Waals surface area contributed by atoms with Gasteiger partial charge in [0.2, 0.25) is 5.91 Å². The third kappa shape index (κ3) is 4.48. The maximum absolute atomic E-state index is 13.0. The predicted octanol–water partition coefficient (Wildman–Crippen LogP) is 2.80. The number of carbonyl (C=O) groups excluding carboxylic acids is 1. The SMILES string of the molecule is CC(NCCC(=O)NC1CC1)c1ccc(F)c(Cl)c1. The molecule has 5 heteroatoms. The monoisotopic (exact) mass is 284 g/mol. The largest absolute Gasteiger partial charge is 0.353 e. The van der Waals surface area contributed by atoms with E-state index in [0.717, 1.165) is 18.4 Å². The highest BCUT2D eigenvalue weighted by molar-refractivity contribution is 6.30. The van der Waals surface area contributed by atoms with Crippen LogP contribution in [-0.2, 0) is 4.79 Å².